The second kappa shape index (κ2) is 9.03. The van der Waals surface area contributed by atoms with Crippen LogP contribution in [-0.4, -0.2) is 25.0 Å². The van der Waals surface area contributed by atoms with E-state index in [4.69, 9.17) is 9.47 Å². The number of nitrogens with one attached hydrogen (secondary N) is 2. The lowest BCUT2D eigenvalue weighted by Gasteiger charge is -2.21. The molecule has 0 aromatic heterocycles. The SMILES string of the molecule is CC(NC(=O)c1ccc(C=C2Sc3ccccc3NC2=O)cc1)c1ccc2c(c1)OCCO2. The van der Waals surface area contributed by atoms with Crippen LogP contribution in [0.25, 0.3) is 6.08 Å². The number of carbonyl (C=O) groups excluding carboxylic acids is 2. The van der Waals surface area contributed by atoms with E-state index in [0.717, 1.165) is 27.5 Å². The first-order valence-corrected chi connectivity index (χ1v) is 11.5. The third kappa shape index (κ3) is 4.59. The zero-order valence-corrected chi connectivity index (χ0v) is 18.8. The molecule has 166 valence electrons. The maximum atomic E-state index is 12.8. The molecule has 3 aromatic rings. The van der Waals surface area contributed by atoms with Gasteiger partial charge < -0.3 is 20.1 Å². The van der Waals surface area contributed by atoms with Crippen molar-refractivity contribution in [3.63, 3.8) is 0 Å². The summed E-state index contributed by atoms with van der Waals surface area (Å²) in [6, 6.07) is 20.4. The number of para-hydroxylation sites is 1. The molecule has 7 heteroatoms. The van der Waals surface area contributed by atoms with Gasteiger partial charge in [0.1, 0.15) is 13.2 Å². The lowest BCUT2D eigenvalue weighted by atomic mass is 10.1. The van der Waals surface area contributed by atoms with Gasteiger partial charge in [0.25, 0.3) is 11.8 Å². The molecule has 0 aliphatic carbocycles. The summed E-state index contributed by atoms with van der Waals surface area (Å²) in [6.07, 6.45) is 1.83. The van der Waals surface area contributed by atoms with Crippen molar-refractivity contribution in [2.24, 2.45) is 0 Å². The zero-order chi connectivity index (χ0) is 22.8. The largest absolute Gasteiger partial charge is 0.486 e. The van der Waals surface area contributed by atoms with Gasteiger partial charge in [0.05, 0.1) is 16.6 Å². The molecule has 33 heavy (non-hydrogen) atoms. The Morgan fingerprint density at radius 2 is 1.79 bits per heavy atom. The second-order valence-electron chi connectivity index (χ2n) is 7.78. The van der Waals surface area contributed by atoms with Gasteiger partial charge in [0.2, 0.25) is 0 Å². The fraction of sp³-hybridized carbons (Fsp3) is 0.154. The highest BCUT2D eigenvalue weighted by molar-refractivity contribution is 8.04. The summed E-state index contributed by atoms with van der Waals surface area (Å²) in [5, 5.41) is 5.93. The predicted octanol–water partition coefficient (Wildman–Crippen LogP) is 5.03. The number of carbonyl (C=O) groups is 2. The van der Waals surface area contributed by atoms with Gasteiger partial charge in [0.15, 0.2) is 11.5 Å². The number of fused-ring (bicyclic) bond motifs is 2. The lowest BCUT2D eigenvalue weighted by Crippen LogP contribution is -2.26. The van der Waals surface area contributed by atoms with E-state index in [-0.39, 0.29) is 17.9 Å². The van der Waals surface area contributed by atoms with E-state index in [0.29, 0.717) is 29.4 Å². The normalized spacial score (nSPS) is 16.5. The first-order valence-electron chi connectivity index (χ1n) is 10.7. The molecule has 6 nitrogen and oxygen atoms in total. The summed E-state index contributed by atoms with van der Waals surface area (Å²) >= 11 is 1.44. The van der Waals surface area contributed by atoms with Crippen molar-refractivity contribution in [2.75, 3.05) is 18.5 Å². The molecular formula is C26H22N2O4S. The van der Waals surface area contributed by atoms with Crippen LogP contribution in [-0.2, 0) is 4.79 Å². The van der Waals surface area contributed by atoms with E-state index < -0.39 is 0 Å². The van der Waals surface area contributed by atoms with E-state index in [1.54, 1.807) is 12.1 Å². The molecule has 3 aromatic carbocycles. The third-order valence-corrected chi connectivity index (χ3v) is 6.56. The number of amides is 2. The summed E-state index contributed by atoms with van der Waals surface area (Å²) in [6.45, 7) is 2.99. The van der Waals surface area contributed by atoms with Crippen molar-refractivity contribution in [1.29, 1.82) is 0 Å². The van der Waals surface area contributed by atoms with Crippen LogP contribution in [0.1, 0.15) is 34.5 Å². The summed E-state index contributed by atoms with van der Waals surface area (Å²) in [5.41, 5.74) is 3.16. The monoisotopic (exact) mass is 458 g/mol. The number of rotatable bonds is 4. The zero-order valence-electron chi connectivity index (χ0n) is 18.0. The molecule has 2 aliphatic heterocycles. The van der Waals surface area contributed by atoms with Crippen molar-refractivity contribution < 1.29 is 19.1 Å². The van der Waals surface area contributed by atoms with Crippen LogP contribution in [0, 0.1) is 0 Å². The molecule has 0 fully saturated rings. The molecule has 1 unspecified atom stereocenters. The maximum Gasteiger partial charge on any atom is 0.262 e. The van der Waals surface area contributed by atoms with Gasteiger partial charge in [-0.05, 0) is 60.5 Å². The fourth-order valence-corrected chi connectivity index (χ4v) is 4.63. The third-order valence-electron chi connectivity index (χ3n) is 5.46. The van der Waals surface area contributed by atoms with Gasteiger partial charge in [-0.15, -0.1) is 0 Å². The number of thioether (sulfide) groups is 1. The van der Waals surface area contributed by atoms with Crippen LogP contribution < -0.4 is 20.1 Å². The molecule has 2 aliphatic rings. The Morgan fingerprint density at radius 1 is 1.03 bits per heavy atom. The van der Waals surface area contributed by atoms with Crippen molar-refractivity contribution in [2.45, 2.75) is 17.9 Å². The maximum absolute atomic E-state index is 12.8. The van der Waals surface area contributed by atoms with Crippen molar-refractivity contribution in [3.8, 4) is 11.5 Å². The first-order chi connectivity index (χ1) is 16.1. The average molecular weight is 459 g/mol. The van der Waals surface area contributed by atoms with Crippen LogP contribution in [0.2, 0.25) is 0 Å². The molecule has 0 saturated heterocycles. The van der Waals surface area contributed by atoms with Crippen molar-refractivity contribution in [3.05, 3.63) is 88.3 Å². The van der Waals surface area contributed by atoms with Gasteiger partial charge in [0, 0.05) is 10.5 Å². The highest BCUT2D eigenvalue weighted by atomic mass is 32.2. The van der Waals surface area contributed by atoms with E-state index >= 15 is 0 Å². The molecule has 2 amide bonds. The Hall–Kier alpha value is -3.71. The Balaban J connectivity index is 1.26. The number of hydrogen-bond acceptors (Lipinski definition) is 5. The molecule has 2 N–H and O–H groups in total. The fourth-order valence-electron chi connectivity index (χ4n) is 3.68. The molecule has 2 heterocycles. The summed E-state index contributed by atoms with van der Waals surface area (Å²) in [7, 11) is 0. The van der Waals surface area contributed by atoms with Gasteiger partial charge in [-0.1, -0.05) is 42.1 Å². The minimum absolute atomic E-state index is 0.131. The van der Waals surface area contributed by atoms with E-state index in [9.17, 15) is 9.59 Å². The number of hydrogen-bond donors (Lipinski definition) is 2. The Bertz CT molecular complexity index is 1250. The predicted molar refractivity (Wildman–Crippen MR) is 129 cm³/mol. The summed E-state index contributed by atoms with van der Waals surface area (Å²) in [5.74, 6) is 1.12. The van der Waals surface area contributed by atoms with Crippen LogP contribution in [0.4, 0.5) is 5.69 Å². The minimum Gasteiger partial charge on any atom is -0.486 e. The number of ether oxygens (including phenoxy) is 2. The van der Waals surface area contributed by atoms with Gasteiger partial charge in [-0.25, -0.2) is 0 Å². The summed E-state index contributed by atoms with van der Waals surface area (Å²) in [4.78, 5) is 26.8. The topological polar surface area (TPSA) is 76.7 Å². The number of benzene rings is 3. The first kappa shape index (κ1) is 21.2. The van der Waals surface area contributed by atoms with E-state index in [1.165, 1.54) is 11.8 Å². The molecule has 5 rings (SSSR count). The number of anilines is 1. The minimum atomic E-state index is -0.197. The van der Waals surface area contributed by atoms with Gasteiger partial charge in [-0.3, -0.25) is 9.59 Å². The molecule has 0 spiro atoms. The Morgan fingerprint density at radius 3 is 2.61 bits per heavy atom. The highest BCUT2D eigenvalue weighted by Gasteiger charge is 2.21. The lowest BCUT2D eigenvalue weighted by molar-refractivity contribution is -0.112. The second-order valence-corrected chi connectivity index (χ2v) is 8.86. The van der Waals surface area contributed by atoms with Crippen LogP contribution >= 0.6 is 11.8 Å². The van der Waals surface area contributed by atoms with Crippen LogP contribution in [0.5, 0.6) is 11.5 Å². The van der Waals surface area contributed by atoms with Crippen LogP contribution in [0.3, 0.4) is 0 Å². The standard InChI is InChI=1S/C26H22N2O4S/c1-16(19-10-11-21-22(15-19)32-13-12-31-21)27-25(29)18-8-6-17(7-9-18)14-24-26(30)28-20-4-2-3-5-23(20)33-24/h2-11,14-16H,12-13H2,1H3,(H,27,29)(H,28,30). The Kier molecular flexibility index (Phi) is 5.79. The molecule has 0 bridgehead atoms. The van der Waals surface area contributed by atoms with E-state index in [2.05, 4.69) is 10.6 Å². The van der Waals surface area contributed by atoms with Crippen LogP contribution in [0.15, 0.2) is 76.5 Å². The quantitative estimate of drug-likeness (QED) is 0.536. The summed E-state index contributed by atoms with van der Waals surface area (Å²) < 4.78 is 11.2. The van der Waals surface area contributed by atoms with Crippen molar-refractivity contribution in [1.82, 2.24) is 5.32 Å². The highest BCUT2D eigenvalue weighted by Crippen LogP contribution is 2.38. The molecular weight excluding hydrogens is 436 g/mol. The molecule has 0 radical (unpaired) electrons. The molecule has 1 atom stereocenters. The van der Waals surface area contributed by atoms with Gasteiger partial charge in [-0.2, -0.15) is 0 Å². The average Bonchev–Trinajstić information content (AvgIpc) is 2.84. The Labute approximate surface area is 196 Å². The van der Waals surface area contributed by atoms with E-state index in [1.807, 2.05) is 67.6 Å². The molecule has 0 saturated carbocycles. The smallest absolute Gasteiger partial charge is 0.262 e. The van der Waals surface area contributed by atoms with Crippen molar-refractivity contribution >= 4 is 35.3 Å². The van der Waals surface area contributed by atoms with Gasteiger partial charge >= 0.3 is 0 Å².